The molecule has 3 aromatic carbocycles. The van der Waals surface area contributed by atoms with Crippen LogP contribution in [0.15, 0.2) is 54.6 Å². The first kappa shape index (κ1) is 18.8. The predicted octanol–water partition coefficient (Wildman–Crippen LogP) is 5.05. The summed E-state index contributed by atoms with van der Waals surface area (Å²) in [5.74, 6) is 1.28. The number of hydrogen-bond acceptors (Lipinski definition) is 3. The van der Waals surface area contributed by atoms with Gasteiger partial charge in [-0.15, -0.1) is 0 Å². The van der Waals surface area contributed by atoms with E-state index in [2.05, 4.69) is 18.3 Å². The van der Waals surface area contributed by atoms with Crippen molar-refractivity contribution in [3.05, 3.63) is 71.3 Å². The second-order valence-electron chi connectivity index (χ2n) is 6.56. The molecule has 1 atom stereocenters. The third-order valence-electron chi connectivity index (χ3n) is 4.85. The Morgan fingerprint density at radius 1 is 0.963 bits per heavy atom. The van der Waals surface area contributed by atoms with Crippen LogP contribution in [0.2, 0.25) is 0 Å². The van der Waals surface area contributed by atoms with E-state index in [1.807, 2.05) is 55.5 Å². The maximum atomic E-state index is 13.0. The highest BCUT2D eigenvalue weighted by Gasteiger charge is 2.19. The topological polar surface area (TPSA) is 47.6 Å². The summed E-state index contributed by atoms with van der Waals surface area (Å²) in [6.45, 7) is 4.06. The van der Waals surface area contributed by atoms with Crippen molar-refractivity contribution in [2.24, 2.45) is 0 Å². The predicted molar refractivity (Wildman–Crippen MR) is 109 cm³/mol. The van der Waals surface area contributed by atoms with Crippen molar-refractivity contribution >= 4 is 16.7 Å². The Bertz CT molecular complexity index is 965. The number of hydrogen-bond donors (Lipinski definition) is 1. The molecule has 0 aliphatic heterocycles. The molecule has 0 heterocycles. The van der Waals surface area contributed by atoms with Gasteiger partial charge in [-0.25, -0.2) is 0 Å². The Morgan fingerprint density at radius 2 is 1.63 bits per heavy atom. The van der Waals surface area contributed by atoms with Gasteiger partial charge in [0.25, 0.3) is 5.91 Å². The number of aryl methyl sites for hydroxylation is 1. The van der Waals surface area contributed by atoms with E-state index in [4.69, 9.17) is 9.47 Å². The summed E-state index contributed by atoms with van der Waals surface area (Å²) in [6, 6.07) is 17.6. The average molecular weight is 363 g/mol. The third kappa shape index (κ3) is 3.90. The molecule has 0 spiro atoms. The van der Waals surface area contributed by atoms with Gasteiger partial charge in [-0.05, 0) is 53.4 Å². The molecular formula is C23H25NO3. The van der Waals surface area contributed by atoms with Crippen LogP contribution in [0.4, 0.5) is 0 Å². The van der Waals surface area contributed by atoms with Crippen LogP contribution in [0, 0.1) is 6.92 Å². The molecule has 4 nitrogen and oxygen atoms in total. The summed E-state index contributed by atoms with van der Waals surface area (Å²) in [4.78, 5) is 13.0. The average Bonchev–Trinajstić information content (AvgIpc) is 2.70. The number of ether oxygens (including phenoxy) is 2. The molecule has 0 radical (unpaired) electrons. The molecular weight excluding hydrogens is 338 g/mol. The van der Waals surface area contributed by atoms with Crippen molar-refractivity contribution in [2.45, 2.75) is 26.3 Å². The monoisotopic (exact) mass is 363 g/mol. The fourth-order valence-corrected chi connectivity index (χ4v) is 3.34. The van der Waals surface area contributed by atoms with E-state index in [-0.39, 0.29) is 11.9 Å². The zero-order chi connectivity index (χ0) is 19.4. The molecule has 0 aliphatic rings. The number of nitrogens with one attached hydrogen (secondary N) is 1. The van der Waals surface area contributed by atoms with Gasteiger partial charge in [-0.3, -0.25) is 4.79 Å². The lowest BCUT2D eigenvalue weighted by molar-refractivity contribution is 0.0932. The fraction of sp³-hybridized carbons (Fsp3) is 0.261. The summed E-state index contributed by atoms with van der Waals surface area (Å²) in [5, 5.41) is 5.20. The van der Waals surface area contributed by atoms with E-state index < -0.39 is 0 Å². The van der Waals surface area contributed by atoms with Gasteiger partial charge in [0.15, 0.2) is 0 Å². The highest BCUT2D eigenvalue weighted by molar-refractivity contribution is 6.01. The van der Waals surface area contributed by atoms with Gasteiger partial charge in [0, 0.05) is 0 Å². The smallest absolute Gasteiger partial charge is 0.255 e. The van der Waals surface area contributed by atoms with E-state index in [0.717, 1.165) is 34.1 Å². The second-order valence-corrected chi connectivity index (χ2v) is 6.56. The zero-order valence-corrected chi connectivity index (χ0v) is 16.2. The molecule has 0 fully saturated rings. The van der Waals surface area contributed by atoms with Gasteiger partial charge >= 0.3 is 0 Å². The highest BCUT2D eigenvalue weighted by atomic mass is 16.5. The molecule has 1 amide bonds. The molecule has 0 aromatic heterocycles. The third-order valence-corrected chi connectivity index (χ3v) is 4.85. The largest absolute Gasteiger partial charge is 0.496 e. The summed E-state index contributed by atoms with van der Waals surface area (Å²) in [5.41, 5.74) is 2.65. The van der Waals surface area contributed by atoms with E-state index in [1.54, 1.807) is 14.2 Å². The van der Waals surface area contributed by atoms with Crippen LogP contribution in [0.25, 0.3) is 10.8 Å². The molecule has 1 N–H and O–H groups in total. The van der Waals surface area contributed by atoms with Gasteiger partial charge in [-0.2, -0.15) is 0 Å². The van der Waals surface area contributed by atoms with Gasteiger partial charge in [-0.1, -0.05) is 43.3 Å². The number of carbonyl (C=O) groups excluding carboxylic acids is 1. The van der Waals surface area contributed by atoms with Crippen molar-refractivity contribution < 1.29 is 14.3 Å². The summed E-state index contributed by atoms with van der Waals surface area (Å²) < 4.78 is 10.8. The Hall–Kier alpha value is -3.01. The lowest BCUT2D eigenvalue weighted by atomic mass is 10.0. The first-order valence-electron chi connectivity index (χ1n) is 9.09. The van der Waals surface area contributed by atoms with Crippen LogP contribution in [0.3, 0.4) is 0 Å². The first-order chi connectivity index (χ1) is 13.1. The normalized spacial score (nSPS) is 11.9. The van der Waals surface area contributed by atoms with Crippen molar-refractivity contribution in [3.63, 3.8) is 0 Å². The fourth-order valence-electron chi connectivity index (χ4n) is 3.34. The van der Waals surface area contributed by atoms with E-state index >= 15 is 0 Å². The van der Waals surface area contributed by atoms with Crippen LogP contribution >= 0.6 is 0 Å². The highest BCUT2D eigenvalue weighted by Crippen LogP contribution is 2.28. The summed E-state index contributed by atoms with van der Waals surface area (Å²) in [6.07, 6.45) is 0.785. The number of amides is 1. The molecule has 0 bridgehead atoms. The van der Waals surface area contributed by atoms with Crippen molar-refractivity contribution in [1.82, 2.24) is 5.32 Å². The molecule has 0 saturated carbocycles. The lowest BCUT2D eigenvalue weighted by Crippen LogP contribution is -2.28. The van der Waals surface area contributed by atoms with Crippen molar-refractivity contribution in [1.29, 1.82) is 0 Å². The van der Waals surface area contributed by atoms with E-state index in [1.165, 1.54) is 0 Å². The summed E-state index contributed by atoms with van der Waals surface area (Å²) in [7, 11) is 3.25. The van der Waals surface area contributed by atoms with Crippen LogP contribution in [0.5, 0.6) is 11.5 Å². The minimum absolute atomic E-state index is 0.0849. The van der Waals surface area contributed by atoms with Crippen LogP contribution in [-0.2, 0) is 0 Å². The van der Waals surface area contributed by atoms with Gasteiger partial charge in [0.1, 0.15) is 11.5 Å². The molecule has 0 saturated heterocycles. The Kier molecular flexibility index (Phi) is 5.65. The molecule has 0 unspecified atom stereocenters. The maximum absolute atomic E-state index is 13.0. The number of rotatable bonds is 6. The molecule has 140 valence electrons. The SMILES string of the molecule is CC[C@H](NC(=O)c1cc2ccccc2cc1OC)c1ccc(OC)c(C)c1. The van der Waals surface area contributed by atoms with Gasteiger partial charge in [0.2, 0.25) is 0 Å². The van der Waals surface area contributed by atoms with Gasteiger partial charge < -0.3 is 14.8 Å². The molecule has 4 heteroatoms. The van der Waals surface area contributed by atoms with Crippen LogP contribution in [0.1, 0.15) is 40.9 Å². The van der Waals surface area contributed by atoms with Crippen LogP contribution in [-0.4, -0.2) is 20.1 Å². The zero-order valence-electron chi connectivity index (χ0n) is 16.2. The van der Waals surface area contributed by atoms with E-state index in [9.17, 15) is 4.79 Å². The standard InChI is InChI=1S/C23H25NO3/c1-5-20(18-10-11-21(26-3)15(2)12-18)24-23(25)19-13-16-8-6-7-9-17(16)14-22(19)27-4/h6-14,20H,5H2,1-4H3,(H,24,25)/t20-/m0/s1. The number of benzene rings is 3. The Morgan fingerprint density at radius 3 is 2.22 bits per heavy atom. The molecule has 0 aliphatic carbocycles. The minimum atomic E-state index is -0.141. The number of fused-ring (bicyclic) bond motifs is 1. The van der Waals surface area contributed by atoms with Crippen molar-refractivity contribution in [3.8, 4) is 11.5 Å². The lowest BCUT2D eigenvalue weighted by Gasteiger charge is -2.20. The van der Waals surface area contributed by atoms with E-state index in [0.29, 0.717) is 11.3 Å². The summed E-state index contributed by atoms with van der Waals surface area (Å²) >= 11 is 0. The first-order valence-corrected chi connectivity index (χ1v) is 9.09. The van der Waals surface area contributed by atoms with Gasteiger partial charge in [0.05, 0.1) is 25.8 Å². The maximum Gasteiger partial charge on any atom is 0.255 e. The number of carbonyl (C=O) groups is 1. The van der Waals surface area contributed by atoms with Crippen molar-refractivity contribution in [2.75, 3.05) is 14.2 Å². The Balaban J connectivity index is 1.91. The van der Waals surface area contributed by atoms with Crippen LogP contribution < -0.4 is 14.8 Å². The molecule has 3 rings (SSSR count). The molecule has 3 aromatic rings. The molecule has 27 heavy (non-hydrogen) atoms. The quantitative estimate of drug-likeness (QED) is 0.667. The second kappa shape index (κ2) is 8.12. The number of methoxy groups -OCH3 is 2. The Labute approximate surface area is 160 Å². The minimum Gasteiger partial charge on any atom is -0.496 e.